The lowest BCUT2D eigenvalue weighted by molar-refractivity contribution is -0.118. The molecule has 0 aromatic heterocycles. The Balaban J connectivity index is 1.54. The first-order chi connectivity index (χ1) is 17.3. The van der Waals surface area contributed by atoms with Gasteiger partial charge in [0, 0.05) is 12.2 Å². The van der Waals surface area contributed by atoms with Crippen molar-refractivity contribution in [2.75, 3.05) is 29.4 Å². The van der Waals surface area contributed by atoms with Crippen molar-refractivity contribution in [3.8, 4) is 5.75 Å². The summed E-state index contributed by atoms with van der Waals surface area (Å²) in [6, 6.07) is 21.2. The van der Waals surface area contributed by atoms with E-state index < -0.39 is 16.0 Å². The van der Waals surface area contributed by atoms with Crippen LogP contribution in [0.3, 0.4) is 0 Å². The number of sulfonamides is 1. The van der Waals surface area contributed by atoms with Crippen molar-refractivity contribution >= 4 is 33.3 Å². The van der Waals surface area contributed by atoms with E-state index in [2.05, 4.69) is 5.32 Å². The molecular formula is C27H30N2O6S. The number of nitrogens with zero attached hydrogens (tertiary/aromatic N) is 1. The maximum atomic E-state index is 13.0. The van der Waals surface area contributed by atoms with Gasteiger partial charge in [0.2, 0.25) is 0 Å². The maximum absolute atomic E-state index is 13.0. The van der Waals surface area contributed by atoms with E-state index in [0.29, 0.717) is 29.3 Å². The van der Waals surface area contributed by atoms with E-state index >= 15 is 0 Å². The monoisotopic (exact) mass is 510 g/mol. The van der Waals surface area contributed by atoms with Crippen LogP contribution in [-0.2, 0) is 19.6 Å². The molecule has 0 unspecified atom stereocenters. The average molecular weight is 511 g/mol. The van der Waals surface area contributed by atoms with Gasteiger partial charge in [-0.1, -0.05) is 31.5 Å². The standard InChI is InChI=1S/C27H30N2O6S/c1-3-5-19-34-27(31)21-11-13-22(14-12-21)28-26(30)20-35-24-17-15-23(16-18-24)29(4-2)36(32,33)25-9-7-6-8-10-25/h6-18H,3-5,19-20H2,1-2H3,(H,28,30). The maximum Gasteiger partial charge on any atom is 0.338 e. The van der Waals surface area contributed by atoms with Gasteiger partial charge in [0.15, 0.2) is 6.61 Å². The third kappa shape index (κ3) is 7.08. The molecule has 0 aliphatic rings. The molecule has 0 saturated heterocycles. The van der Waals surface area contributed by atoms with E-state index in [9.17, 15) is 18.0 Å². The predicted molar refractivity (Wildman–Crippen MR) is 139 cm³/mol. The minimum Gasteiger partial charge on any atom is -0.484 e. The second-order valence-corrected chi connectivity index (χ2v) is 9.74. The van der Waals surface area contributed by atoms with Gasteiger partial charge >= 0.3 is 5.97 Å². The van der Waals surface area contributed by atoms with Crippen molar-refractivity contribution in [2.45, 2.75) is 31.6 Å². The number of ether oxygens (including phenoxy) is 2. The second-order valence-electron chi connectivity index (χ2n) is 7.88. The lowest BCUT2D eigenvalue weighted by atomic mass is 10.2. The third-order valence-corrected chi connectivity index (χ3v) is 7.17. The molecule has 0 aliphatic heterocycles. The summed E-state index contributed by atoms with van der Waals surface area (Å²) in [6.45, 7) is 4.18. The predicted octanol–water partition coefficient (Wildman–Crippen LogP) is 4.88. The third-order valence-electron chi connectivity index (χ3n) is 5.25. The Morgan fingerprint density at radius 3 is 2.17 bits per heavy atom. The molecular weight excluding hydrogens is 480 g/mol. The second kappa shape index (κ2) is 12.7. The highest BCUT2D eigenvalue weighted by Crippen LogP contribution is 2.25. The summed E-state index contributed by atoms with van der Waals surface area (Å²) in [5.41, 5.74) is 1.43. The summed E-state index contributed by atoms with van der Waals surface area (Å²) in [5.74, 6) is -0.349. The van der Waals surface area contributed by atoms with Crippen LogP contribution in [0.25, 0.3) is 0 Å². The van der Waals surface area contributed by atoms with Crippen molar-refractivity contribution < 1.29 is 27.5 Å². The zero-order chi connectivity index (χ0) is 26.0. The largest absolute Gasteiger partial charge is 0.484 e. The SMILES string of the molecule is CCCCOC(=O)c1ccc(NC(=O)COc2ccc(N(CC)S(=O)(=O)c3ccccc3)cc2)cc1. The number of hydrogen-bond acceptors (Lipinski definition) is 6. The summed E-state index contributed by atoms with van der Waals surface area (Å²) in [5, 5.41) is 2.70. The number of rotatable bonds is 12. The van der Waals surface area contributed by atoms with E-state index in [0.717, 1.165) is 12.8 Å². The first kappa shape index (κ1) is 26.7. The van der Waals surface area contributed by atoms with Gasteiger partial charge in [-0.15, -0.1) is 0 Å². The molecule has 3 aromatic carbocycles. The Bertz CT molecular complexity index is 1240. The van der Waals surface area contributed by atoms with Gasteiger partial charge in [-0.2, -0.15) is 0 Å². The van der Waals surface area contributed by atoms with Gasteiger partial charge in [-0.25, -0.2) is 13.2 Å². The number of amides is 1. The van der Waals surface area contributed by atoms with E-state index in [1.165, 1.54) is 4.31 Å². The van der Waals surface area contributed by atoms with E-state index in [4.69, 9.17) is 9.47 Å². The molecule has 3 aromatic rings. The van der Waals surface area contributed by atoms with E-state index in [1.807, 2.05) is 6.92 Å². The molecule has 9 heteroatoms. The van der Waals surface area contributed by atoms with Crippen LogP contribution >= 0.6 is 0 Å². The Hall–Kier alpha value is -3.85. The van der Waals surface area contributed by atoms with Gasteiger partial charge in [0.05, 0.1) is 22.8 Å². The van der Waals surface area contributed by atoms with Crippen molar-refractivity contribution in [2.24, 2.45) is 0 Å². The highest BCUT2D eigenvalue weighted by molar-refractivity contribution is 7.92. The van der Waals surface area contributed by atoms with Crippen molar-refractivity contribution in [1.29, 1.82) is 0 Å². The van der Waals surface area contributed by atoms with Gasteiger partial charge in [-0.05, 0) is 74.0 Å². The molecule has 0 bridgehead atoms. The number of anilines is 2. The van der Waals surface area contributed by atoms with Gasteiger partial charge < -0.3 is 14.8 Å². The van der Waals surface area contributed by atoms with Crippen molar-refractivity contribution in [1.82, 2.24) is 0 Å². The normalized spacial score (nSPS) is 10.9. The molecule has 0 radical (unpaired) electrons. The zero-order valence-corrected chi connectivity index (χ0v) is 21.2. The van der Waals surface area contributed by atoms with Crippen LogP contribution in [0.1, 0.15) is 37.0 Å². The summed E-state index contributed by atoms with van der Waals surface area (Å²) >= 11 is 0. The molecule has 1 N–H and O–H groups in total. The Kier molecular flexibility index (Phi) is 9.46. The van der Waals surface area contributed by atoms with Gasteiger partial charge in [-0.3, -0.25) is 9.10 Å². The summed E-state index contributed by atoms with van der Waals surface area (Å²) < 4.78 is 38.0. The molecule has 190 valence electrons. The fraction of sp³-hybridized carbons (Fsp3) is 0.259. The van der Waals surface area contributed by atoms with Crippen LogP contribution in [0.2, 0.25) is 0 Å². The van der Waals surface area contributed by atoms with E-state index in [-0.39, 0.29) is 24.0 Å². The molecule has 3 rings (SSSR count). The Morgan fingerprint density at radius 2 is 1.56 bits per heavy atom. The lowest BCUT2D eigenvalue weighted by Crippen LogP contribution is -2.30. The fourth-order valence-electron chi connectivity index (χ4n) is 3.35. The molecule has 8 nitrogen and oxygen atoms in total. The lowest BCUT2D eigenvalue weighted by Gasteiger charge is -2.23. The van der Waals surface area contributed by atoms with Crippen molar-refractivity contribution in [3.63, 3.8) is 0 Å². The molecule has 0 atom stereocenters. The number of carbonyl (C=O) groups excluding carboxylic acids is 2. The van der Waals surface area contributed by atoms with Gasteiger partial charge in [0.25, 0.3) is 15.9 Å². The number of carbonyl (C=O) groups is 2. The summed E-state index contributed by atoms with van der Waals surface area (Å²) in [4.78, 5) is 24.4. The average Bonchev–Trinajstić information content (AvgIpc) is 2.89. The summed E-state index contributed by atoms with van der Waals surface area (Å²) in [6.07, 6.45) is 1.75. The van der Waals surface area contributed by atoms with Crippen LogP contribution in [0.4, 0.5) is 11.4 Å². The van der Waals surface area contributed by atoms with Gasteiger partial charge in [0.1, 0.15) is 5.75 Å². The van der Waals surface area contributed by atoms with Crippen LogP contribution in [0, 0.1) is 0 Å². The number of unbranched alkanes of at least 4 members (excludes halogenated alkanes) is 1. The zero-order valence-electron chi connectivity index (χ0n) is 20.3. The molecule has 0 aliphatic carbocycles. The highest BCUT2D eigenvalue weighted by Gasteiger charge is 2.23. The smallest absolute Gasteiger partial charge is 0.338 e. The van der Waals surface area contributed by atoms with Crippen LogP contribution in [0.5, 0.6) is 5.75 Å². The minimum atomic E-state index is -3.69. The topological polar surface area (TPSA) is 102 Å². The molecule has 0 spiro atoms. The first-order valence-electron chi connectivity index (χ1n) is 11.7. The quantitative estimate of drug-likeness (QED) is 0.275. The Labute approximate surface area is 211 Å². The summed E-state index contributed by atoms with van der Waals surface area (Å²) in [7, 11) is -3.69. The molecule has 0 heterocycles. The van der Waals surface area contributed by atoms with Crippen LogP contribution < -0.4 is 14.4 Å². The molecule has 0 saturated carbocycles. The Morgan fingerprint density at radius 1 is 0.889 bits per heavy atom. The number of esters is 1. The number of hydrogen-bond donors (Lipinski definition) is 1. The van der Waals surface area contributed by atoms with Crippen molar-refractivity contribution in [3.05, 3.63) is 84.4 Å². The molecule has 1 amide bonds. The minimum absolute atomic E-state index is 0.213. The molecule has 0 fully saturated rings. The number of nitrogens with one attached hydrogen (secondary N) is 1. The molecule has 36 heavy (non-hydrogen) atoms. The van der Waals surface area contributed by atoms with Crippen LogP contribution in [-0.4, -0.2) is 40.1 Å². The van der Waals surface area contributed by atoms with Crippen LogP contribution in [0.15, 0.2) is 83.8 Å². The highest BCUT2D eigenvalue weighted by atomic mass is 32.2. The fourth-order valence-corrected chi connectivity index (χ4v) is 4.84. The first-order valence-corrected chi connectivity index (χ1v) is 13.2. The van der Waals surface area contributed by atoms with E-state index in [1.54, 1.807) is 85.8 Å². The number of benzene rings is 3.